The van der Waals surface area contributed by atoms with Gasteiger partial charge >= 0.3 is 0 Å². The van der Waals surface area contributed by atoms with Gasteiger partial charge in [-0.2, -0.15) is 0 Å². The first kappa shape index (κ1) is 11.2. The van der Waals surface area contributed by atoms with E-state index in [1.165, 1.54) is 16.5 Å². The van der Waals surface area contributed by atoms with Crippen LogP contribution in [0.2, 0.25) is 0 Å². The van der Waals surface area contributed by atoms with Gasteiger partial charge in [0.05, 0.1) is 5.52 Å². The Morgan fingerprint density at radius 3 is 2.69 bits per heavy atom. The van der Waals surface area contributed by atoms with Crippen LogP contribution in [-0.4, -0.2) is 10.1 Å². The molecule has 3 aromatic rings. The van der Waals surface area contributed by atoms with Crippen LogP contribution in [0.1, 0.15) is 11.1 Å². The Labute approximate surface area is 107 Å². The molecule has 4 heteroatoms. The second-order valence-corrected chi connectivity index (χ2v) is 3.76. The van der Waals surface area contributed by atoms with Crippen LogP contribution >= 0.6 is 0 Å². The van der Waals surface area contributed by atoms with Crippen molar-refractivity contribution in [2.75, 3.05) is 0 Å². The van der Waals surface area contributed by atoms with Gasteiger partial charge in [-0.25, -0.2) is 0 Å². The van der Waals surface area contributed by atoms with Gasteiger partial charge in [-0.05, 0) is 36.4 Å². The van der Waals surface area contributed by atoms with Gasteiger partial charge in [-0.3, -0.25) is 4.98 Å². The molecule has 0 fully saturated rings. The van der Waals surface area contributed by atoms with E-state index in [4.69, 9.17) is 0 Å². The number of nitrogens with zero attached hydrogens (tertiary/aromatic N) is 3. The van der Waals surface area contributed by atoms with Crippen molar-refractivity contribution in [3.8, 4) is 0 Å². The Bertz CT molecular complexity index is 658. The van der Waals surface area contributed by atoms with Crippen molar-refractivity contribution in [1.82, 2.24) is 15.2 Å². The molecule has 16 heavy (non-hydrogen) atoms. The second-order valence-electron chi connectivity index (χ2n) is 3.76. The number of pyridine rings is 1. The summed E-state index contributed by atoms with van der Waals surface area (Å²) in [4.78, 5) is 4.38. The summed E-state index contributed by atoms with van der Waals surface area (Å²) >= 11 is 0. The predicted molar refractivity (Wildman–Crippen MR) is 59.8 cm³/mol. The number of fused-ring (bicyclic) bond motifs is 3. The molecule has 0 bridgehead atoms. The fourth-order valence-electron chi connectivity index (χ4n) is 2.01. The van der Waals surface area contributed by atoms with Crippen LogP contribution in [-0.2, 0) is 20.1 Å². The minimum Gasteiger partial charge on any atom is -0.573 e. The van der Waals surface area contributed by atoms with E-state index in [1.54, 1.807) is 6.20 Å². The maximum atomic E-state index is 4.38. The first-order chi connectivity index (χ1) is 7.29. The molecule has 2 heterocycles. The number of benzene rings is 1. The Morgan fingerprint density at radius 2 is 1.88 bits per heavy atom. The molecule has 0 amide bonds. The van der Waals surface area contributed by atoms with Crippen molar-refractivity contribution in [3.63, 3.8) is 0 Å². The van der Waals surface area contributed by atoms with E-state index in [0.717, 1.165) is 16.4 Å². The van der Waals surface area contributed by atoms with Crippen molar-refractivity contribution in [2.24, 2.45) is 0 Å². The Morgan fingerprint density at radius 1 is 1.12 bits per heavy atom. The van der Waals surface area contributed by atoms with E-state index in [9.17, 15) is 0 Å². The zero-order valence-corrected chi connectivity index (χ0v) is 11.4. The summed E-state index contributed by atoms with van der Waals surface area (Å²) in [5, 5.41) is 10.4. The number of aromatic nitrogens is 3. The molecular weight excluding hydrogens is 378 g/mol. The van der Waals surface area contributed by atoms with Gasteiger partial charge < -0.3 is 10.2 Å². The molecule has 0 atom stereocenters. The third-order valence-electron chi connectivity index (χ3n) is 3.00. The molecule has 0 aliphatic heterocycles. The average molecular weight is 388 g/mol. The normalized spacial score (nSPS) is 10.6. The van der Waals surface area contributed by atoms with Crippen LogP contribution in [0.15, 0.2) is 24.5 Å². The minimum atomic E-state index is 0. The van der Waals surface area contributed by atoms with Crippen LogP contribution in [0.5, 0.6) is 0 Å². The number of aryl methyl sites for hydroxylation is 2. The fraction of sp³-hybridized carbons (Fsp3) is 0.167. The maximum absolute atomic E-state index is 4.38. The fourth-order valence-corrected chi connectivity index (χ4v) is 2.01. The Hall–Kier alpha value is -1.25. The molecule has 0 aliphatic rings. The van der Waals surface area contributed by atoms with Crippen LogP contribution in [0, 0.1) is 13.8 Å². The van der Waals surface area contributed by atoms with Gasteiger partial charge in [0.1, 0.15) is 0 Å². The zero-order chi connectivity index (χ0) is 10.4. The van der Waals surface area contributed by atoms with Gasteiger partial charge in [-0.15, -0.1) is 0 Å². The quantitative estimate of drug-likeness (QED) is 0.594. The smallest absolute Gasteiger partial charge is 0.0575 e. The molecule has 3 rings (SSSR count). The summed E-state index contributed by atoms with van der Waals surface area (Å²) in [5.41, 5.74) is 4.37. The molecule has 1 radical (unpaired) electrons. The summed E-state index contributed by atoms with van der Waals surface area (Å²) in [5.74, 6) is 0. The van der Waals surface area contributed by atoms with E-state index in [0.29, 0.717) is 0 Å². The van der Waals surface area contributed by atoms with Gasteiger partial charge in [0.2, 0.25) is 0 Å². The van der Waals surface area contributed by atoms with Crippen molar-refractivity contribution < 1.29 is 20.1 Å². The molecule has 0 saturated carbocycles. The summed E-state index contributed by atoms with van der Waals surface area (Å²) in [7, 11) is 0. The summed E-state index contributed by atoms with van der Waals surface area (Å²) < 4.78 is 0. The van der Waals surface area contributed by atoms with Gasteiger partial charge in [-0.1, -0.05) is 11.6 Å². The maximum Gasteiger partial charge on any atom is 0.0575 e. The van der Waals surface area contributed by atoms with E-state index in [2.05, 4.69) is 35.1 Å². The first-order valence-corrected chi connectivity index (χ1v) is 4.91. The molecule has 0 N–H and O–H groups in total. The molecule has 3 nitrogen and oxygen atoms in total. The van der Waals surface area contributed by atoms with Crippen LogP contribution < -0.4 is 5.10 Å². The third-order valence-corrected chi connectivity index (χ3v) is 3.00. The van der Waals surface area contributed by atoms with Crippen molar-refractivity contribution >= 4 is 21.8 Å². The molecule has 0 unspecified atom stereocenters. The summed E-state index contributed by atoms with van der Waals surface area (Å²) in [6.07, 6.45) is 3.61. The van der Waals surface area contributed by atoms with Crippen molar-refractivity contribution in [3.05, 3.63) is 35.7 Å². The molecular formula is C12H10IrN3-. The molecule has 1 aromatic carbocycles. The van der Waals surface area contributed by atoms with Gasteiger partial charge in [0.15, 0.2) is 0 Å². The van der Waals surface area contributed by atoms with Crippen molar-refractivity contribution in [1.29, 1.82) is 0 Å². The molecule has 0 spiro atoms. The molecule has 83 valence electrons. The average Bonchev–Trinajstić information content (AvgIpc) is 2.75. The van der Waals surface area contributed by atoms with E-state index in [-0.39, 0.29) is 20.1 Å². The monoisotopic (exact) mass is 389 g/mol. The first-order valence-electron chi connectivity index (χ1n) is 4.91. The number of hydrogen-bond acceptors (Lipinski definition) is 2. The predicted octanol–water partition coefficient (Wildman–Crippen LogP) is 2.35. The van der Waals surface area contributed by atoms with E-state index >= 15 is 0 Å². The van der Waals surface area contributed by atoms with Crippen LogP contribution in [0.3, 0.4) is 0 Å². The molecule has 0 saturated heterocycles. The van der Waals surface area contributed by atoms with Gasteiger partial charge in [0.25, 0.3) is 0 Å². The largest absolute Gasteiger partial charge is 0.573 e. The minimum absolute atomic E-state index is 0. The van der Waals surface area contributed by atoms with E-state index in [1.807, 2.05) is 12.3 Å². The van der Waals surface area contributed by atoms with E-state index < -0.39 is 0 Å². The third kappa shape index (κ3) is 1.38. The van der Waals surface area contributed by atoms with Crippen LogP contribution in [0.25, 0.3) is 21.8 Å². The summed E-state index contributed by atoms with van der Waals surface area (Å²) in [6, 6.07) is 4.04. The topological polar surface area (TPSA) is 39.9 Å². The summed E-state index contributed by atoms with van der Waals surface area (Å²) in [6.45, 7) is 4.22. The molecule has 0 aliphatic carbocycles. The Kier molecular flexibility index (Phi) is 2.78. The number of hydrogen-bond donors (Lipinski definition) is 0. The van der Waals surface area contributed by atoms with Crippen molar-refractivity contribution in [2.45, 2.75) is 13.8 Å². The zero-order valence-electron chi connectivity index (χ0n) is 8.98. The Balaban J connectivity index is 0.000000963. The SMILES string of the molecule is Cc1c(C)c2cn[n-]c2c2ncccc12.[Ir]. The van der Waals surface area contributed by atoms with Gasteiger partial charge in [0, 0.05) is 37.9 Å². The number of rotatable bonds is 0. The van der Waals surface area contributed by atoms with Crippen LogP contribution in [0.4, 0.5) is 0 Å². The second kappa shape index (κ2) is 3.96. The standard InChI is InChI=1S/C12H10N3.Ir/c1-7-8(2)10-6-14-15-12(10)11-9(7)4-3-5-13-11;/h3-6H,1-2H3;/q-1;. The molecule has 2 aromatic heterocycles.